The van der Waals surface area contributed by atoms with Gasteiger partial charge in [-0.3, -0.25) is 14.4 Å². The van der Waals surface area contributed by atoms with E-state index < -0.39 is 6.10 Å². The SMILES string of the molecule is CC/C=C\C/C=C\C/C=C\C/C=C\C/C=C\C/C=C\C/C=C\C/C=C\CCCCCCCCC(=O)OCC(COC(=O)CCCCCCCCCCCCCC)OC(=O)CCCC/C=C\C/C=C\C/C=C\C/C=C\C/C=C\C/C=C\CC. The molecule has 6 nitrogen and oxygen atoms in total. The fraction of sp³-hybridized carbons (Fsp3) is 0.592. The van der Waals surface area contributed by atoms with Crippen molar-refractivity contribution in [2.75, 3.05) is 13.2 Å². The summed E-state index contributed by atoms with van der Waals surface area (Å²) in [7, 11) is 0. The Hall–Kier alpha value is -5.23. The number of allylic oxidation sites excluding steroid dienone is 28. The van der Waals surface area contributed by atoms with Gasteiger partial charge in [-0.1, -0.05) is 287 Å². The first-order valence-electron chi connectivity index (χ1n) is 33.1. The van der Waals surface area contributed by atoms with E-state index in [0.29, 0.717) is 19.3 Å². The fourth-order valence-corrected chi connectivity index (χ4v) is 8.58. The zero-order valence-corrected chi connectivity index (χ0v) is 52.7. The molecule has 1 atom stereocenters. The average Bonchev–Trinajstić information content (AvgIpc) is 3.47. The van der Waals surface area contributed by atoms with E-state index in [1.54, 1.807) is 0 Å². The van der Waals surface area contributed by atoms with Crippen molar-refractivity contribution in [2.45, 2.75) is 277 Å². The average molecular weight is 1130 g/mol. The third-order valence-corrected chi connectivity index (χ3v) is 13.5. The van der Waals surface area contributed by atoms with E-state index in [9.17, 15) is 14.4 Å². The minimum atomic E-state index is -0.816. The zero-order valence-electron chi connectivity index (χ0n) is 52.7. The van der Waals surface area contributed by atoms with Crippen LogP contribution in [0.3, 0.4) is 0 Å². The van der Waals surface area contributed by atoms with Crippen LogP contribution < -0.4 is 0 Å². The molecule has 0 amide bonds. The summed E-state index contributed by atoms with van der Waals surface area (Å²) in [4.78, 5) is 38.3. The van der Waals surface area contributed by atoms with E-state index in [1.807, 2.05) is 0 Å². The van der Waals surface area contributed by atoms with E-state index in [4.69, 9.17) is 14.2 Å². The molecule has 460 valence electrons. The van der Waals surface area contributed by atoms with Gasteiger partial charge in [-0.2, -0.15) is 0 Å². The number of ether oxygens (including phenoxy) is 3. The minimum absolute atomic E-state index is 0.106. The predicted molar refractivity (Wildman–Crippen MR) is 357 cm³/mol. The summed E-state index contributed by atoms with van der Waals surface area (Å²) in [6.45, 7) is 6.36. The molecule has 0 aromatic heterocycles. The second kappa shape index (κ2) is 68.3. The molecule has 82 heavy (non-hydrogen) atoms. The Bertz CT molecular complexity index is 1870. The Morgan fingerprint density at radius 2 is 0.476 bits per heavy atom. The maximum Gasteiger partial charge on any atom is 0.306 e. The second-order valence-corrected chi connectivity index (χ2v) is 21.3. The highest BCUT2D eigenvalue weighted by Gasteiger charge is 2.19. The van der Waals surface area contributed by atoms with Crippen LogP contribution in [0.4, 0.5) is 0 Å². The zero-order chi connectivity index (χ0) is 59.2. The summed E-state index contributed by atoms with van der Waals surface area (Å²) < 4.78 is 16.9. The third kappa shape index (κ3) is 65.6. The van der Waals surface area contributed by atoms with Gasteiger partial charge in [0.1, 0.15) is 13.2 Å². The highest BCUT2D eigenvalue weighted by atomic mass is 16.6. The van der Waals surface area contributed by atoms with Crippen molar-refractivity contribution < 1.29 is 28.6 Å². The third-order valence-electron chi connectivity index (χ3n) is 13.5. The molecule has 0 fully saturated rings. The molecule has 6 heteroatoms. The second-order valence-electron chi connectivity index (χ2n) is 21.3. The first kappa shape index (κ1) is 76.8. The molecule has 0 aliphatic rings. The molecular formula is C76H120O6. The smallest absolute Gasteiger partial charge is 0.306 e. The Balaban J connectivity index is 4.42. The van der Waals surface area contributed by atoms with Crippen LogP contribution in [0.15, 0.2) is 170 Å². The molecular weight excluding hydrogens is 1010 g/mol. The van der Waals surface area contributed by atoms with Crippen molar-refractivity contribution in [1.82, 2.24) is 0 Å². The summed E-state index contributed by atoms with van der Waals surface area (Å²) in [5, 5.41) is 0. The predicted octanol–water partition coefficient (Wildman–Crippen LogP) is 23.0. The molecule has 0 saturated carbocycles. The van der Waals surface area contributed by atoms with Crippen LogP contribution in [0.2, 0.25) is 0 Å². The van der Waals surface area contributed by atoms with Gasteiger partial charge < -0.3 is 14.2 Å². The molecule has 1 unspecified atom stereocenters. The summed E-state index contributed by atoms with van der Waals surface area (Å²) >= 11 is 0. The molecule has 0 heterocycles. The maximum atomic E-state index is 12.9. The molecule has 0 N–H and O–H groups in total. The molecule has 0 bridgehead atoms. The lowest BCUT2D eigenvalue weighted by Gasteiger charge is -2.18. The van der Waals surface area contributed by atoms with Crippen molar-refractivity contribution in [3.8, 4) is 0 Å². The van der Waals surface area contributed by atoms with Gasteiger partial charge in [-0.25, -0.2) is 0 Å². The highest BCUT2D eigenvalue weighted by Crippen LogP contribution is 2.15. The maximum absolute atomic E-state index is 12.9. The summed E-state index contributed by atoms with van der Waals surface area (Å²) in [5.41, 5.74) is 0. The molecule has 0 radical (unpaired) electrons. The van der Waals surface area contributed by atoms with Crippen LogP contribution in [0.5, 0.6) is 0 Å². The lowest BCUT2D eigenvalue weighted by atomic mass is 10.0. The van der Waals surface area contributed by atoms with Crippen LogP contribution in [0.25, 0.3) is 0 Å². The van der Waals surface area contributed by atoms with E-state index in [1.165, 1.54) is 70.6 Å². The molecule has 0 aromatic carbocycles. The van der Waals surface area contributed by atoms with E-state index in [-0.39, 0.29) is 37.5 Å². The molecule has 0 aliphatic carbocycles. The Kier molecular flexibility index (Phi) is 63.9. The number of esters is 3. The van der Waals surface area contributed by atoms with Gasteiger partial charge >= 0.3 is 17.9 Å². The lowest BCUT2D eigenvalue weighted by molar-refractivity contribution is -0.167. The van der Waals surface area contributed by atoms with Crippen LogP contribution in [0.1, 0.15) is 271 Å². The number of rotatable bonds is 58. The van der Waals surface area contributed by atoms with Crippen LogP contribution >= 0.6 is 0 Å². The molecule has 0 spiro atoms. The van der Waals surface area contributed by atoms with Gasteiger partial charge in [0, 0.05) is 19.3 Å². The Morgan fingerprint density at radius 3 is 0.768 bits per heavy atom. The van der Waals surface area contributed by atoms with Crippen molar-refractivity contribution in [1.29, 1.82) is 0 Å². The Morgan fingerprint density at radius 1 is 0.256 bits per heavy atom. The van der Waals surface area contributed by atoms with Gasteiger partial charge in [-0.05, 0) is 135 Å². The van der Waals surface area contributed by atoms with Crippen molar-refractivity contribution >= 4 is 17.9 Å². The summed E-state index contributed by atoms with van der Waals surface area (Å²) in [6, 6.07) is 0. The van der Waals surface area contributed by atoms with Gasteiger partial charge in [0.15, 0.2) is 6.10 Å². The van der Waals surface area contributed by atoms with Crippen LogP contribution in [-0.4, -0.2) is 37.2 Å². The standard InChI is InChI=1S/C76H120O6/c1-4-7-10-13-16-19-22-25-27-29-31-33-34-35-36-37-38-39-40-41-42-44-45-47-49-51-54-57-60-63-66-69-75(78)81-72-73(71-80-74(77)68-65-62-59-56-53-24-21-18-15-12-9-6-3)82-76(79)70-67-64-61-58-55-52-50-48-46-43-32-30-28-26-23-20-17-14-11-8-5-2/h7-8,10-11,16-17,19-20,25-28,31-33,35-36,38-39,41-43,45,47-48,50,55,58,73H,4-6,9,12-15,18,21-24,29-30,34,37,40,44,46,49,51-54,56-57,59-72H2,1-3H3/b10-7-,11-8-,19-16-,20-17-,27-25-,28-26-,33-31-,36-35-,39-38-,42-41-,43-32-,47-45-,50-48-,58-55-. The monoisotopic (exact) mass is 1130 g/mol. The number of carbonyl (C=O) groups excluding carboxylic acids is 3. The summed E-state index contributed by atoms with van der Waals surface area (Å²) in [6.07, 6.45) is 101. The first-order chi connectivity index (χ1) is 40.5. The molecule has 0 saturated heterocycles. The van der Waals surface area contributed by atoms with Crippen LogP contribution in [-0.2, 0) is 28.6 Å². The van der Waals surface area contributed by atoms with Gasteiger partial charge in [-0.15, -0.1) is 0 Å². The number of carbonyl (C=O) groups is 3. The van der Waals surface area contributed by atoms with Crippen molar-refractivity contribution in [2.24, 2.45) is 0 Å². The minimum Gasteiger partial charge on any atom is -0.462 e. The normalized spacial score (nSPS) is 13.3. The Labute approximate surface area is 504 Å². The largest absolute Gasteiger partial charge is 0.462 e. The van der Waals surface area contributed by atoms with Crippen LogP contribution in [0, 0.1) is 0 Å². The topological polar surface area (TPSA) is 78.9 Å². The van der Waals surface area contributed by atoms with Gasteiger partial charge in [0.2, 0.25) is 0 Å². The number of hydrogen-bond donors (Lipinski definition) is 0. The molecule has 0 aromatic rings. The van der Waals surface area contributed by atoms with Crippen molar-refractivity contribution in [3.63, 3.8) is 0 Å². The summed E-state index contributed by atoms with van der Waals surface area (Å²) in [5.74, 6) is -0.968. The van der Waals surface area contributed by atoms with E-state index >= 15 is 0 Å². The lowest BCUT2D eigenvalue weighted by Crippen LogP contribution is -2.30. The molecule has 0 aliphatic heterocycles. The van der Waals surface area contributed by atoms with Gasteiger partial charge in [0.25, 0.3) is 0 Å². The van der Waals surface area contributed by atoms with Gasteiger partial charge in [0.05, 0.1) is 0 Å². The first-order valence-corrected chi connectivity index (χ1v) is 33.1. The van der Waals surface area contributed by atoms with Crippen molar-refractivity contribution in [3.05, 3.63) is 170 Å². The quantitative estimate of drug-likeness (QED) is 0.0261. The number of hydrogen-bond acceptors (Lipinski definition) is 6. The number of unbranched alkanes of at least 4 members (excludes halogenated alkanes) is 19. The van der Waals surface area contributed by atoms with E-state index in [0.717, 1.165) is 154 Å². The van der Waals surface area contributed by atoms with E-state index in [2.05, 4.69) is 191 Å². The fourth-order valence-electron chi connectivity index (χ4n) is 8.58. The highest BCUT2D eigenvalue weighted by molar-refractivity contribution is 5.71. The molecule has 0 rings (SSSR count).